The van der Waals surface area contributed by atoms with Crippen molar-refractivity contribution >= 4 is 20.0 Å². The van der Waals surface area contributed by atoms with Crippen LogP contribution in [0.2, 0.25) is 13.1 Å². The molecule has 0 radical (unpaired) electrons. The number of carboxylic acid groups (broad SMARTS) is 1. The number of aromatic carboxylic acids is 1. The van der Waals surface area contributed by atoms with Gasteiger partial charge >= 0.3 is 5.97 Å². The molecule has 0 aliphatic carbocycles. The average Bonchev–Trinajstić information content (AvgIpc) is 2.69. The van der Waals surface area contributed by atoms with Gasteiger partial charge in [0.25, 0.3) is 0 Å². The van der Waals surface area contributed by atoms with Crippen molar-refractivity contribution in [1.29, 1.82) is 5.26 Å². The maximum absolute atomic E-state index is 10.5. The number of carbonyl (C=O) groups is 1. The van der Waals surface area contributed by atoms with E-state index in [0.717, 1.165) is 5.56 Å². The highest BCUT2D eigenvalue weighted by Gasteiger charge is 2.03. The summed E-state index contributed by atoms with van der Waals surface area (Å²) < 4.78 is 0. The Bertz CT molecular complexity index is 880. The third kappa shape index (κ3) is 5.44. The number of benzene rings is 3. The van der Waals surface area contributed by atoms with E-state index < -0.39 is 14.8 Å². The van der Waals surface area contributed by atoms with Crippen molar-refractivity contribution in [3.63, 3.8) is 0 Å². The fraction of sp³-hybridized carbons (Fsp3) is 0.0909. The topological polar surface area (TPSA) is 61.1 Å². The van der Waals surface area contributed by atoms with Crippen LogP contribution in [0.15, 0.2) is 78.9 Å². The van der Waals surface area contributed by atoms with E-state index in [1.54, 1.807) is 12.1 Å². The second-order valence-electron chi connectivity index (χ2n) is 6.14. The van der Waals surface area contributed by atoms with Crippen molar-refractivity contribution < 1.29 is 9.90 Å². The lowest BCUT2D eigenvalue weighted by molar-refractivity contribution is 0.0697. The largest absolute Gasteiger partial charge is 0.478 e. The maximum atomic E-state index is 10.5. The predicted octanol–water partition coefficient (Wildman–Crippen LogP) is 4.30. The molecule has 4 heteroatoms. The Hall–Kier alpha value is -3.16. The molecule has 0 aromatic heterocycles. The molecule has 0 saturated heterocycles. The summed E-state index contributed by atoms with van der Waals surface area (Å²) in [6.07, 6.45) is 0. The standard InChI is InChI=1S/C13H9N.C9H12O2Si/c14-10-11-6-8-13(9-7-11)12-4-2-1-3-5-12;1-12(2)8-5-3-7(4-6-8)9(10)11/h1-9H;3-6,12H,1-2H3,(H,10,11). The fourth-order valence-electron chi connectivity index (χ4n) is 2.38. The normalized spacial score (nSPS) is 9.77. The van der Waals surface area contributed by atoms with E-state index >= 15 is 0 Å². The van der Waals surface area contributed by atoms with E-state index in [4.69, 9.17) is 10.4 Å². The van der Waals surface area contributed by atoms with Gasteiger partial charge in [0.1, 0.15) is 0 Å². The van der Waals surface area contributed by atoms with Crippen molar-refractivity contribution in [3.8, 4) is 17.2 Å². The molecule has 0 spiro atoms. The molecule has 130 valence electrons. The van der Waals surface area contributed by atoms with Crippen LogP contribution in [0.5, 0.6) is 0 Å². The number of carboxylic acids is 1. The number of hydrogen-bond acceptors (Lipinski definition) is 2. The molecule has 0 unspecified atom stereocenters. The molecule has 3 aromatic carbocycles. The lowest BCUT2D eigenvalue weighted by atomic mass is 10.0. The fourth-order valence-corrected chi connectivity index (χ4v) is 3.34. The molecule has 0 aliphatic heterocycles. The number of hydrogen-bond donors (Lipinski definition) is 1. The van der Waals surface area contributed by atoms with Crippen LogP contribution in [-0.2, 0) is 0 Å². The van der Waals surface area contributed by atoms with Crippen LogP contribution in [-0.4, -0.2) is 19.9 Å². The summed E-state index contributed by atoms with van der Waals surface area (Å²) in [5.74, 6) is -0.855. The predicted molar refractivity (Wildman–Crippen MR) is 109 cm³/mol. The number of nitrogens with zero attached hydrogens (tertiary/aromatic N) is 1. The third-order valence-corrected chi connectivity index (χ3v) is 5.66. The summed E-state index contributed by atoms with van der Waals surface area (Å²) in [5, 5.41) is 18.6. The van der Waals surface area contributed by atoms with Gasteiger partial charge in [-0.3, -0.25) is 0 Å². The Morgan fingerprint density at radius 3 is 1.85 bits per heavy atom. The van der Waals surface area contributed by atoms with E-state index in [0.29, 0.717) is 11.1 Å². The second-order valence-corrected chi connectivity index (χ2v) is 9.11. The first-order valence-corrected chi connectivity index (χ1v) is 11.3. The molecule has 3 nitrogen and oxygen atoms in total. The molecule has 0 bridgehead atoms. The first-order chi connectivity index (χ1) is 12.5. The van der Waals surface area contributed by atoms with Crippen molar-refractivity contribution in [2.45, 2.75) is 13.1 Å². The van der Waals surface area contributed by atoms with E-state index in [2.05, 4.69) is 31.3 Å². The molecule has 0 atom stereocenters. The third-order valence-electron chi connectivity index (χ3n) is 3.95. The van der Waals surface area contributed by atoms with Crippen LogP contribution in [0, 0.1) is 11.3 Å². The highest BCUT2D eigenvalue weighted by Crippen LogP contribution is 2.18. The van der Waals surface area contributed by atoms with Crippen LogP contribution >= 0.6 is 0 Å². The molecule has 0 saturated carbocycles. The van der Waals surface area contributed by atoms with Crippen molar-refractivity contribution in [2.75, 3.05) is 0 Å². The molecule has 0 heterocycles. The van der Waals surface area contributed by atoms with Gasteiger partial charge in [-0.1, -0.05) is 72.9 Å². The van der Waals surface area contributed by atoms with Crippen molar-refractivity contribution in [3.05, 3.63) is 90.0 Å². The Kier molecular flexibility index (Phi) is 6.90. The van der Waals surface area contributed by atoms with Gasteiger partial charge in [0, 0.05) is 0 Å². The summed E-state index contributed by atoms with van der Waals surface area (Å²) in [7, 11) is -0.774. The van der Waals surface area contributed by atoms with Crippen molar-refractivity contribution in [1.82, 2.24) is 0 Å². The van der Waals surface area contributed by atoms with Crippen LogP contribution in [0.3, 0.4) is 0 Å². The first kappa shape index (κ1) is 19.2. The van der Waals surface area contributed by atoms with Gasteiger partial charge in [-0.2, -0.15) is 5.26 Å². The van der Waals surface area contributed by atoms with Gasteiger partial charge in [-0.25, -0.2) is 4.79 Å². The summed E-state index contributed by atoms with van der Waals surface area (Å²) in [6.45, 7) is 4.44. The number of rotatable bonds is 3. The molecule has 3 rings (SSSR count). The molecular formula is C22H21NO2Si. The minimum Gasteiger partial charge on any atom is -0.478 e. The van der Waals surface area contributed by atoms with E-state index in [-0.39, 0.29) is 0 Å². The summed E-state index contributed by atoms with van der Waals surface area (Å²) in [5.41, 5.74) is 3.39. The highest BCUT2D eigenvalue weighted by molar-refractivity contribution is 6.70. The Morgan fingerprint density at radius 2 is 1.38 bits per heavy atom. The van der Waals surface area contributed by atoms with Crippen LogP contribution in [0.1, 0.15) is 15.9 Å². The van der Waals surface area contributed by atoms with E-state index in [1.807, 2.05) is 54.6 Å². The average molecular weight is 360 g/mol. The Morgan fingerprint density at radius 1 is 0.846 bits per heavy atom. The van der Waals surface area contributed by atoms with E-state index in [1.165, 1.54) is 10.8 Å². The van der Waals surface area contributed by atoms with Gasteiger partial charge in [0.05, 0.1) is 26.0 Å². The van der Waals surface area contributed by atoms with Gasteiger partial charge in [0.2, 0.25) is 0 Å². The minimum atomic E-state index is -0.855. The summed E-state index contributed by atoms with van der Waals surface area (Å²) in [6, 6.07) is 27.0. The summed E-state index contributed by atoms with van der Waals surface area (Å²) >= 11 is 0. The van der Waals surface area contributed by atoms with Gasteiger partial charge in [-0.05, 0) is 35.4 Å². The highest BCUT2D eigenvalue weighted by atomic mass is 28.3. The zero-order valence-corrected chi connectivity index (χ0v) is 16.0. The maximum Gasteiger partial charge on any atom is 0.335 e. The molecule has 0 aliphatic rings. The molecule has 26 heavy (non-hydrogen) atoms. The Balaban J connectivity index is 0.000000190. The van der Waals surface area contributed by atoms with Gasteiger partial charge < -0.3 is 5.11 Å². The van der Waals surface area contributed by atoms with Crippen LogP contribution in [0.4, 0.5) is 0 Å². The Labute approximate surface area is 155 Å². The zero-order chi connectivity index (χ0) is 18.9. The minimum absolute atomic E-state index is 0.369. The quantitative estimate of drug-likeness (QED) is 0.709. The summed E-state index contributed by atoms with van der Waals surface area (Å²) in [4.78, 5) is 10.5. The zero-order valence-electron chi connectivity index (χ0n) is 14.9. The lowest BCUT2D eigenvalue weighted by Crippen LogP contribution is -2.22. The molecule has 0 amide bonds. The first-order valence-electron chi connectivity index (χ1n) is 8.40. The SMILES string of the molecule is C[SiH](C)c1ccc(C(=O)O)cc1.N#Cc1ccc(-c2ccccc2)cc1. The van der Waals surface area contributed by atoms with Gasteiger partial charge in [-0.15, -0.1) is 0 Å². The molecule has 3 aromatic rings. The molecular weight excluding hydrogens is 338 g/mol. The smallest absolute Gasteiger partial charge is 0.335 e. The molecule has 0 fully saturated rings. The van der Waals surface area contributed by atoms with Crippen LogP contribution < -0.4 is 5.19 Å². The number of nitriles is 1. The monoisotopic (exact) mass is 359 g/mol. The van der Waals surface area contributed by atoms with E-state index in [9.17, 15) is 4.79 Å². The van der Waals surface area contributed by atoms with Gasteiger partial charge in [0.15, 0.2) is 0 Å². The van der Waals surface area contributed by atoms with Crippen molar-refractivity contribution in [2.24, 2.45) is 0 Å². The van der Waals surface area contributed by atoms with Crippen LogP contribution in [0.25, 0.3) is 11.1 Å². The molecule has 1 N–H and O–H groups in total. The second kappa shape index (κ2) is 9.35. The lowest BCUT2D eigenvalue weighted by Gasteiger charge is -2.02.